The van der Waals surface area contributed by atoms with Gasteiger partial charge in [-0.1, -0.05) is 0 Å². The van der Waals surface area contributed by atoms with Crippen LogP contribution in [0, 0.1) is 6.92 Å². The summed E-state index contributed by atoms with van der Waals surface area (Å²) in [5.41, 5.74) is 5.48. The second kappa shape index (κ2) is 3.47. The van der Waals surface area contributed by atoms with Crippen molar-refractivity contribution in [1.82, 2.24) is 4.98 Å². The highest BCUT2D eigenvalue weighted by atomic mass is 16.6. The first-order valence-corrected chi connectivity index (χ1v) is 3.94. The second-order valence-corrected chi connectivity index (χ2v) is 2.93. The largest absolute Gasteiger partial charge is 0.447 e. The molecule has 0 aliphatic carbocycles. The van der Waals surface area contributed by atoms with Crippen LogP contribution in [0.15, 0.2) is 4.42 Å². The number of oxazole rings is 1. The maximum atomic E-state index is 10.8. The van der Waals surface area contributed by atoms with Crippen LogP contribution < -0.4 is 10.5 Å². The van der Waals surface area contributed by atoms with Crippen LogP contribution in [0.25, 0.3) is 0 Å². The van der Waals surface area contributed by atoms with Gasteiger partial charge in [-0.05, 0) is 20.8 Å². The monoisotopic (exact) mass is 184 g/mol. The maximum absolute atomic E-state index is 10.8. The van der Waals surface area contributed by atoms with E-state index in [1.165, 1.54) is 0 Å². The minimum absolute atomic E-state index is 0.0428. The summed E-state index contributed by atoms with van der Waals surface area (Å²) in [4.78, 5) is 14.6. The normalized spacial score (nSPS) is 10.5. The van der Waals surface area contributed by atoms with E-state index in [2.05, 4.69) is 4.98 Å². The first kappa shape index (κ1) is 9.57. The van der Waals surface area contributed by atoms with E-state index in [0.717, 1.165) is 0 Å². The van der Waals surface area contributed by atoms with E-state index >= 15 is 0 Å². The van der Waals surface area contributed by atoms with Crippen molar-refractivity contribution < 1.29 is 13.9 Å². The first-order chi connectivity index (χ1) is 6.00. The quantitative estimate of drug-likeness (QED) is 0.755. The van der Waals surface area contributed by atoms with E-state index in [-0.39, 0.29) is 17.9 Å². The van der Waals surface area contributed by atoms with Gasteiger partial charge >= 0.3 is 6.08 Å². The van der Waals surface area contributed by atoms with E-state index in [0.29, 0.717) is 5.69 Å². The van der Waals surface area contributed by atoms with Crippen LogP contribution in [-0.4, -0.2) is 17.0 Å². The molecule has 72 valence electrons. The number of carbonyl (C=O) groups excluding carboxylic acids is 1. The lowest BCUT2D eigenvalue weighted by Gasteiger charge is -2.02. The van der Waals surface area contributed by atoms with Gasteiger partial charge in [0.1, 0.15) is 0 Å². The van der Waals surface area contributed by atoms with Gasteiger partial charge in [0.05, 0.1) is 11.8 Å². The summed E-state index contributed by atoms with van der Waals surface area (Å²) < 4.78 is 10.1. The average molecular weight is 184 g/mol. The van der Waals surface area contributed by atoms with Crippen molar-refractivity contribution in [3.8, 4) is 6.08 Å². The number of amides is 1. The molecule has 5 heteroatoms. The molecule has 1 aromatic rings. The van der Waals surface area contributed by atoms with Crippen LogP contribution in [0.2, 0.25) is 0 Å². The summed E-state index contributed by atoms with van der Waals surface area (Å²) >= 11 is 0. The lowest BCUT2D eigenvalue weighted by molar-refractivity contribution is 0.0956. The summed E-state index contributed by atoms with van der Waals surface area (Å²) in [7, 11) is 0. The zero-order valence-electron chi connectivity index (χ0n) is 7.83. The number of hydrogen-bond acceptors (Lipinski definition) is 4. The van der Waals surface area contributed by atoms with Gasteiger partial charge in [-0.15, -0.1) is 0 Å². The Morgan fingerprint density at radius 2 is 2.23 bits per heavy atom. The molecule has 0 spiro atoms. The number of aryl methyl sites for hydroxylation is 1. The number of aromatic nitrogens is 1. The third-order valence-corrected chi connectivity index (χ3v) is 1.34. The molecule has 0 atom stereocenters. The molecule has 0 bridgehead atoms. The van der Waals surface area contributed by atoms with Gasteiger partial charge in [0.25, 0.3) is 5.91 Å². The molecule has 1 heterocycles. The Balaban J connectivity index is 2.89. The number of rotatable bonds is 3. The highest BCUT2D eigenvalue weighted by Gasteiger charge is 2.15. The predicted octanol–water partition coefficient (Wildman–Crippen LogP) is 0.869. The van der Waals surface area contributed by atoms with Crippen molar-refractivity contribution in [2.75, 3.05) is 0 Å². The Bertz CT molecular complexity index is 317. The fourth-order valence-electron chi connectivity index (χ4n) is 0.852. The summed E-state index contributed by atoms with van der Waals surface area (Å²) in [6.45, 7) is 5.31. The fraction of sp³-hybridized carbons (Fsp3) is 0.500. The average Bonchev–Trinajstić information content (AvgIpc) is 2.29. The molecule has 5 nitrogen and oxygen atoms in total. The van der Waals surface area contributed by atoms with E-state index < -0.39 is 5.91 Å². The van der Waals surface area contributed by atoms with Crippen LogP contribution in [0.3, 0.4) is 0 Å². The van der Waals surface area contributed by atoms with Crippen LogP contribution >= 0.6 is 0 Å². The summed E-state index contributed by atoms with van der Waals surface area (Å²) in [5.74, 6) is -0.584. The van der Waals surface area contributed by atoms with Crippen molar-refractivity contribution >= 4 is 5.91 Å². The molecule has 0 saturated heterocycles. The van der Waals surface area contributed by atoms with Crippen LogP contribution in [0.1, 0.15) is 30.1 Å². The van der Waals surface area contributed by atoms with Gasteiger partial charge in [0, 0.05) is 0 Å². The molecule has 1 amide bonds. The Hall–Kier alpha value is -1.52. The predicted molar refractivity (Wildman–Crippen MR) is 45.5 cm³/mol. The molecule has 13 heavy (non-hydrogen) atoms. The summed E-state index contributed by atoms with van der Waals surface area (Å²) in [6.07, 6.45) is 0.0417. The second-order valence-electron chi connectivity index (χ2n) is 2.93. The Labute approximate surface area is 75.9 Å². The topological polar surface area (TPSA) is 78.3 Å². The van der Waals surface area contributed by atoms with Crippen LogP contribution in [-0.2, 0) is 0 Å². The zero-order chi connectivity index (χ0) is 10.0. The molecule has 1 aromatic heterocycles. The SMILES string of the molecule is Cc1nc(OC(C)C)oc1C(N)=O. The fourth-order valence-corrected chi connectivity index (χ4v) is 0.852. The molecular formula is C8H12N2O3. The lowest BCUT2D eigenvalue weighted by atomic mass is 10.4. The smallest absolute Gasteiger partial charge is 0.394 e. The molecular weight excluding hydrogens is 172 g/mol. The molecule has 0 aromatic carbocycles. The first-order valence-electron chi connectivity index (χ1n) is 3.94. The molecule has 0 aliphatic rings. The molecule has 0 saturated carbocycles. The molecule has 2 N–H and O–H groups in total. The van der Waals surface area contributed by atoms with Gasteiger partial charge in [-0.3, -0.25) is 4.79 Å². The van der Waals surface area contributed by atoms with Gasteiger partial charge in [0.15, 0.2) is 0 Å². The summed E-state index contributed by atoms with van der Waals surface area (Å²) in [6, 6.07) is 0. The zero-order valence-corrected chi connectivity index (χ0v) is 7.83. The van der Waals surface area contributed by atoms with E-state index in [1.54, 1.807) is 6.92 Å². The van der Waals surface area contributed by atoms with E-state index in [4.69, 9.17) is 14.9 Å². The van der Waals surface area contributed by atoms with Crippen molar-refractivity contribution in [2.45, 2.75) is 26.9 Å². The van der Waals surface area contributed by atoms with E-state index in [9.17, 15) is 4.79 Å². The minimum atomic E-state index is -0.636. The van der Waals surface area contributed by atoms with Crippen molar-refractivity contribution in [2.24, 2.45) is 5.73 Å². The molecule has 1 rings (SSSR count). The number of primary amides is 1. The highest BCUT2D eigenvalue weighted by molar-refractivity contribution is 5.90. The lowest BCUT2D eigenvalue weighted by Crippen LogP contribution is -2.11. The number of nitrogens with zero attached hydrogens (tertiary/aromatic N) is 1. The van der Waals surface area contributed by atoms with Crippen molar-refractivity contribution in [1.29, 1.82) is 0 Å². The number of nitrogens with two attached hydrogens (primary N) is 1. The summed E-state index contributed by atoms with van der Waals surface area (Å²) in [5, 5.41) is 0. The number of hydrogen-bond donors (Lipinski definition) is 1. The number of ether oxygens (including phenoxy) is 1. The maximum Gasteiger partial charge on any atom is 0.394 e. The van der Waals surface area contributed by atoms with Gasteiger partial charge in [0.2, 0.25) is 5.76 Å². The van der Waals surface area contributed by atoms with Crippen LogP contribution in [0.4, 0.5) is 0 Å². The highest BCUT2D eigenvalue weighted by Crippen LogP contribution is 2.16. The standard InChI is InChI=1S/C8H12N2O3/c1-4(2)12-8-10-5(3)6(13-8)7(9)11/h4H,1-3H3,(H2,9,11). The molecule has 0 aliphatic heterocycles. The Morgan fingerprint density at radius 1 is 1.62 bits per heavy atom. The molecule has 0 radical (unpaired) electrons. The van der Waals surface area contributed by atoms with Gasteiger partial charge in [-0.2, -0.15) is 4.98 Å². The van der Waals surface area contributed by atoms with Gasteiger partial charge < -0.3 is 14.9 Å². The van der Waals surface area contributed by atoms with Gasteiger partial charge in [-0.25, -0.2) is 0 Å². The third-order valence-electron chi connectivity index (χ3n) is 1.34. The molecule has 0 fully saturated rings. The Morgan fingerprint density at radius 3 is 2.62 bits per heavy atom. The Kier molecular flexibility index (Phi) is 2.55. The van der Waals surface area contributed by atoms with E-state index in [1.807, 2.05) is 13.8 Å². The van der Waals surface area contributed by atoms with Crippen LogP contribution in [0.5, 0.6) is 6.08 Å². The third kappa shape index (κ3) is 2.21. The van der Waals surface area contributed by atoms with Crippen molar-refractivity contribution in [3.63, 3.8) is 0 Å². The molecule has 0 unspecified atom stereocenters. The minimum Gasteiger partial charge on any atom is -0.447 e. The van der Waals surface area contributed by atoms with Crippen molar-refractivity contribution in [3.05, 3.63) is 11.5 Å². The number of carbonyl (C=O) groups is 1.